The van der Waals surface area contributed by atoms with Gasteiger partial charge >= 0.3 is 0 Å². The largest absolute Gasteiger partial charge is 0.313 e. The van der Waals surface area contributed by atoms with Crippen molar-refractivity contribution in [3.8, 4) is 0 Å². The fourth-order valence-corrected chi connectivity index (χ4v) is 2.74. The van der Waals surface area contributed by atoms with Crippen molar-refractivity contribution in [3.63, 3.8) is 0 Å². The van der Waals surface area contributed by atoms with Crippen molar-refractivity contribution in [3.05, 3.63) is 54.0 Å². The summed E-state index contributed by atoms with van der Waals surface area (Å²) in [6, 6.07) is 12.2. The molecule has 6 heteroatoms. The Morgan fingerprint density at radius 3 is 2.59 bits per heavy atom. The summed E-state index contributed by atoms with van der Waals surface area (Å²) in [5.41, 5.74) is 1.19. The van der Waals surface area contributed by atoms with Gasteiger partial charge in [0.15, 0.2) is 5.82 Å². The molecule has 2 aromatic heterocycles. The molecule has 114 valence electrons. The molecule has 0 aliphatic carbocycles. The van der Waals surface area contributed by atoms with E-state index in [2.05, 4.69) is 52.7 Å². The quantitative estimate of drug-likeness (QED) is 0.795. The van der Waals surface area contributed by atoms with E-state index in [0.717, 1.165) is 23.3 Å². The fourth-order valence-electron chi connectivity index (χ4n) is 1.98. The van der Waals surface area contributed by atoms with Crippen molar-refractivity contribution in [1.29, 1.82) is 0 Å². The van der Waals surface area contributed by atoms with Gasteiger partial charge in [0.05, 0.1) is 6.54 Å². The molecule has 1 N–H and O–H groups in total. The predicted octanol–water partition coefficient (Wildman–Crippen LogP) is 3.82. The highest BCUT2D eigenvalue weighted by Crippen LogP contribution is 2.24. The highest BCUT2D eigenvalue weighted by atomic mass is 32.1. The maximum Gasteiger partial charge on any atom is 0.208 e. The van der Waals surface area contributed by atoms with Crippen LogP contribution in [0.5, 0.6) is 0 Å². The standard InChI is InChI=1S/C16H19N5S/c1-16(2,3)14-18-15(22-20-14)17-13-9-10-21(19-13)11-12-7-5-4-6-8-12/h4-10H,11H2,1-3H3,(H,17,18,19,20). The Balaban J connectivity index is 1.68. The van der Waals surface area contributed by atoms with E-state index in [1.165, 1.54) is 17.1 Å². The van der Waals surface area contributed by atoms with Gasteiger partial charge in [0, 0.05) is 29.2 Å². The number of rotatable bonds is 4. The van der Waals surface area contributed by atoms with Gasteiger partial charge in [-0.3, -0.25) is 4.68 Å². The third-order valence-electron chi connectivity index (χ3n) is 3.16. The lowest BCUT2D eigenvalue weighted by Gasteiger charge is -2.12. The van der Waals surface area contributed by atoms with E-state index >= 15 is 0 Å². The smallest absolute Gasteiger partial charge is 0.208 e. The molecule has 0 aliphatic rings. The predicted molar refractivity (Wildman–Crippen MR) is 89.7 cm³/mol. The summed E-state index contributed by atoms with van der Waals surface area (Å²) in [7, 11) is 0. The van der Waals surface area contributed by atoms with Gasteiger partial charge < -0.3 is 5.32 Å². The first-order valence-electron chi connectivity index (χ1n) is 7.19. The summed E-state index contributed by atoms with van der Waals surface area (Å²) >= 11 is 1.36. The highest BCUT2D eigenvalue weighted by Gasteiger charge is 2.19. The second-order valence-electron chi connectivity index (χ2n) is 6.18. The van der Waals surface area contributed by atoms with Crippen LogP contribution in [0.4, 0.5) is 10.9 Å². The van der Waals surface area contributed by atoms with Crippen LogP contribution in [0.3, 0.4) is 0 Å². The highest BCUT2D eigenvalue weighted by molar-refractivity contribution is 7.09. The summed E-state index contributed by atoms with van der Waals surface area (Å²) in [4.78, 5) is 4.52. The lowest BCUT2D eigenvalue weighted by atomic mass is 9.96. The minimum absolute atomic E-state index is 0.0386. The molecule has 0 saturated carbocycles. The van der Waals surface area contributed by atoms with Gasteiger partial charge in [0.2, 0.25) is 5.13 Å². The average molecular weight is 313 g/mol. The fraction of sp³-hybridized carbons (Fsp3) is 0.312. The number of nitrogens with one attached hydrogen (secondary N) is 1. The Labute approximate surface area is 134 Å². The maximum atomic E-state index is 4.52. The van der Waals surface area contributed by atoms with E-state index in [-0.39, 0.29) is 5.41 Å². The zero-order chi connectivity index (χ0) is 15.6. The van der Waals surface area contributed by atoms with E-state index in [0.29, 0.717) is 0 Å². The van der Waals surface area contributed by atoms with Crippen LogP contribution in [-0.4, -0.2) is 19.1 Å². The number of anilines is 2. The normalized spacial score (nSPS) is 11.6. The van der Waals surface area contributed by atoms with Gasteiger partial charge in [-0.2, -0.15) is 9.47 Å². The zero-order valence-corrected chi connectivity index (χ0v) is 13.8. The van der Waals surface area contributed by atoms with E-state index in [1.54, 1.807) is 0 Å². The van der Waals surface area contributed by atoms with Crippen molar-refractivity contribution >= 4 is 22.5 Å². The second kappa shape index (κ2) is 5.88. The number of benzene rings is 1. The van der Waals surface area contributed by atoms with Gasteiger partial charge in [-0.25, -0.2) is 4.98 Å². The minimum Gasteiger partial charge on any atom is -0.313 e. The SMILES string of the molecule is CC(C)(C)c1nsc(Nc2ccn(Cc3ccccc3)n2)n1. The van der Waals surface area contributed by atoms with Crippen LogP contribution in [-0.2, 0) is 12.0 Å². The van der Waals surface area contributed by atoms with Crippen molar-refractivity contribution in [1.82, 2.24) is 19.1 Å². The molecule has 0 spiro atoms. The maximum absolute atomic E-state index is 4.52. The molecule has 0 unspecified atom stereocenters. The molecular formula is C16H19N5S. The van der Waals surface area contributed by atoms with Crippen LogP contribution in [0.1, 0.15) is 32.2 Å². The second-order valence-corrected chi connectivity index (χ2v) is 6.93. The van der Waals surface area contributed by atoms with E-state index in [1.807, 2.05) is 35.1 Å². The summed E-state index contributed by atoms with van der Waals surface area (Å²) in [5.74, 6) is 1.64. The molecule has 2 heterocycles. The summed E-state index contributed by atoms with van der Waals surface area (Å²) < 4.78 is 6.30. The molecule has 3 rings (SSSR count). The molecular weight excluding hydrogens is 294 g/mol. The van der Waals surface area contributed by atoms with Crippen molar-refractivity contribution in [2.45, 2.75) is 32.7 Å². The van der Waals surface area contributed by atoms with Gasteiger partial charge in [0.1, 0.15) is 5.82 Å². The molecule has 0 atom stereocenters. The molecule has 0 bridgehead atoms. The molecule has 1 aromatic carbocycles. The Morgan fingerprint density at radius 1 is 1.14 bits per heavy atom. The Kier molecular flexibility index (Phi) is 3.94. The zero-order valence-electron chi connectivity index (χ0n) is 12.9. The van der Waals surface area contributed by atoms with Crippen LogP contribution in [0.2, 0.25) is 0 Å². The lowest BCUT2D eigenvalue weighted by molar-refractivity contribution is 0.555. The Morgan fingerprint density at radius 2 is 1.91 bits per heavy atom. The van der Waals surface area contributed by atoms with E-state index < -0.39 is 0 Å². The summed E-state index contributed by atoms with van der Waals surface area (Å²) in [6.07, 6.45) is 1.96. The van der Waals surface area contributed by atoms with Crippen LogP contribution < -0.4 is 5.32 Å². The Hall–Kier alpha value is -2.21. The third-order valence-corrected chi connectivity index (χ3v) is 3.79. The number of aromatic nitrogens is 4. The van der Waals surface area contributed by atoms with Crippen molar-refractivity contribution in [2.24, 2.45) is 0 Å². The average Bonchev–Trinajstić information content (AvgIpc) is 3.10. The molecule has 0 aliphatic heterocycles. The van der Waals surface area contributed by atoms with Crippen LogP contribution in [0, 0.1) is 0 Å². The molecule has 0 amide bonds. The van der Waals surface area contributed by atoms with Crippen molar-refractivity contribution in [2.75, 3.05) is 5.32 Å². The number of hydrogen-bond acceptors (Lipinski definition) is 5. The molecule has 3 aromatic rings. The van der Waals surface area contributed by atoms with E-state index in [4.69, 9.17) is 0 Å². The summed E-state index contributed by atoms with van der Waals surface area (Å²) in [6.45, 7) is 7.07. The minimum atomic E-state index is -0.0386. The number of hydrogen-bond donors (Lipinski definition) is 1. The topological polar surface area (TPSA) is 55.6 Å². The lowest BCUT2D eigenvalue weighted by Crippen LogP contribution is -2.13. The van der Waals surface area contributed by atoms with Crippen LogP contribution >= 0.6 is 11.5 Å². The first-order chi connectivity index (χ1) is 10.5. The van der Waals surface area contributed by atoms with Gasteiger partial charge in [-0.05, 0) is 5.56 Å². The summed E-state index contributed by atoms with van der Waals surface area (Å²) in [5, 5.41) is 8.51. The van der Waals surface area contributed by atoms with Crippen molar-refractivity contribution < 1.29 is 0 Å². The van der Waals surface area contributed by atoms with Crippen LogP contribution in [0.25, 0.3) is 0 Å². The monoisotopic (exact) mass is 313 g/mol. The van der Waals surface area contributed by atoms with Gasteiger partial charge in [-0.1, -0.05) is 51.1 Å². The first-order valence-corrected chi connectivity index (χ1v) is 7.97. The molecule has 0 saturated heterocycles. The van der Waals surface area contributed by atoms with Crippen LogP contribution in [0.15, 0.2) is 42.6 Å². The molecule has 22 heavy (non-hydrogen) atoms. The molecule has 5 nitrogen and oxygen atoms in total. The first kappa shape index (κ1) is 14.7. The van der Waals surface area contributed by atoms with Gasteiger partial charge in [0.25, 0.3) is 0 Å². The molecule has 0 radical (unpaired) electrons. The van der Waals surface area contributed by atoms with Gasteiger partial charge in [-0.15, -0.1) is 0 Å². The Bertz CT molecular complexity index is 739. The van der Waals surface area contributed by atoms with E-state index in [9.17, 15) is 0 Å². The molecule has 0 fully saturated rings. The number of nitrogens with zero attached hydrogens (tertiary/aromatic N) is 4. The third kappa shape index (κ3) is 3.51.